The summed E-state index contributed by atoms with van der Waals surface area (Å²) in [7, 11) is 0. The van der Waals surface area contributed by atoms with Gasteiger partial charge < -0.3 is 15.2 Å². The number of allylic oxidation sites excluding steroid dienone is 2. The van der Waals surface area contributed by atoms with E-state index in [1.54, 1.807) is 36.4 Å². The number of ketones is 1. The number of carbonyl (C=O) groups excluding carboxylic acids is 1. The topological polar surface area (TPSA) is 61.5 Å². The molecule has 0 fully saturated rings. The van der Waals surface area contributed by atoms with Crippen LogP contribution >= 0.6 is 0 Å². The van der Waals surface area contributed by atoms with Gasteiger partial charge in [-0.1, -0.05) is 26.0 Å². The maximum atomic E-state index is 12.7. The van der Waals surface area contributed by atoms with Gasteiger partial charge in [0.25, 0.3) is 0 Å². The van der Waals surface area contributed by atoms with Crippen LogP contribution in [0.1, 0.15) is 63.0 Å². The van der Waals surface area contributed by atoms with Crippen LogP contribution in [0.3, 0.4) is 0 Å². The summed E-state index contributed by atoms with van der Waals surface area (Å²) < 4.78 is 12.3. The molecule has 0 radical (unpaired) electrons. The van der Waals surface area contributed by atoms with E-state index in [-0.39, 0.29) is 23.4 Å². The minimum atomic E-state index is -0.315. The maximum Gasteiger partial charge on any atom is 0.185 e. The molecular formula is C26H33NO3. The number of nitrogens with two attached hydrogens (primary N) is 1. The van der Waals surface area contributed by atoms with E-state index >= 15 is 0 Å². The Kier molecular flexibility index (Phi) is 7.49. The summed E-state index contributed by atoms with van der Waals surface area (Å²) in [4.78, 5) is 12.7. The number of anilines is 1. The van der Waals surface area contributed by atoms with Crippen LogP contribution in [0.4, 0.5) is 5.69 Å². The molecule has 0 spiro atoms. The summed E-state index contributed by atoms with van der Waals surface area (Å²) in [6, 6.07) is 10.8. The molecule has 0 atom stereocenters. The van der Waals surface area contributed by atoms with Gasteiger partial charge in [0, 0.05) is 22.2 Å². The fourth-order valence-electron chi connectivity index (χ4n) is 2.98. The molecule has 0 saturated heterocycles. The average Bonchev–Trinajstić information content (AvgIpc) is 2.66. The highest BCUT2D eigenvalue weighted by Gasteiger charge is 2.26. The van der Waals surface area contributed by atoms with Crippen LogP contribution < -0.4 is 15.2 Å². The zero-order valence-corrected chi connectivity index (χ0v) is 18.9. The van der Waals surface area contributed by atoms with Gasteiger partial charge in [-0.3, -0.25) is 4.79 Å². The summed E-state index contributed by atoms with van der Waals surface area (Å²) in [5, 5.41) is 0. The number of benzene rings is 2. The lowest BCUT2D eigenvalue weighted by molar-refractivity contribution is 0.104. The lowest BCUT2D eigenvalue weighted by Gasteiger charge is -2.28. The van der Waals surface area contributed by atoms with Crippen molar-refractivity contribution in [3.8, 4) is 11.5 Å². The molecular weight excluding hydrogens is 374 g/mol. The molecule has 0 bridgehead atoms. The largest absolute Gasteiger partial charge is 0.490 e. The highest BCUT2D eigenvalue weighted by molar-refractivity contribution is 6.07. The Labute approximate surface area is 180 Å². The van der Waals surface area contributed by atoms with E-state index in [2.05, 4.69) is 20.4 Å². The molecule has 4 heteroatoms. The molecule has 2 N–H and O–H groups in total. The van der Waals surface area contributed by atoms with Crippen molar-refractivity contribution < 1.29 is 14.3 Å². The van der Waals surface area contributed by atoms with E-state index in [0.717, 1.165) is 11.1 Å². The predicted octanol–water partition coefficient (Wildman–Crippen LogP) is 6.20. The second kappa shape index (κ2) is 9.66. The van der Waals surface area contributed by atoms with Crippen LogP contribution in [0, 0.1) is 0 Å². The van der Waals surface area contributed by atoms with Crippen LogP contribution in [0.15, 0.2) is 55.1 Å². The summed E-state index contributed by atoms with van der Waals surface area (Å²) in [6.07, 6.45) is 5.16. The Morgan fingerprint density at radius 2 is 1.60 bits per heavy atom. The van der Waals surface area contributed by atoms with E-state index in [9.17, 15) is 4.79 Å². The Morgan fingerprint density at radius 1 is 1.00 bits per heavy atom. The molecule has 2 aromatic carbocycles. The van der Waals surface area contributed by atoms with Gasteiger partial charge in [0.15, 0.2) is 5.78 Å². The van der Waals surface area contributed by atoms with Gasteiger partial charge in [0.05, 0.1) is 17.8 Å². The molecule has 0 aliphatic carbocycles. The van der Waals surface area contributed by atoms with Crippen molar-refractivity contribution in [3.05, 3.63) is 71.8 Å². The molecule has 0 aliphatic rings. The van der Waals surface area contributed by atoms with Gasteiger partial charge in [-0.2, -0.15) is 0 Å². The first-order valence-corrected chi connectivity index (χ1v) is 10.3. The van der Waals surface area contributed by atoms with Gasteiger partial charge >= 0.3 is 0 Å². The number of hydrogen-bond donors (Lipinski definition) is 1. The minimum Gasteiger partial charge on any atom is -0.490 e. The Hall–Kier alpha value is -3.01. The van der Waals surface area contributed by atoms with Gasteiger partial charge in [0.2, 0.25) is 0 Å². The van der Waals surface area contributed by atoms with E-state index in [4.69, 9.17) is 15.2 Å². The fourth-order valence-corrected chi connectivity index (χ4v) is 2.98. The molecule has 0 heterocycles. The number of rotatable bonds is 9. The monoisotopic (exact) mass is 407 g/mol. The highest BCUT2D eigenvalue weighted by Crippen LogP contribution is 2.41. The van der Waals surface area contributed by atoms with E-state index < -0.39 is 0 Å². The van der Waals surface area contributed by atoms with Crippen molar-refractivity contribution in [2.75, 3.05) is 5.73 Å². The second-order valence-corrected chi connectivity index (χ2v) is 8.43. The maximum absolute atomic E-state index is 12.7. The summed E-state index contributed by atoms with van der Waals surface area (Å²) >= 11 is 0. The van der Waals surface area contributed by atoms with Gasteiger partial charge in [-0.05, 0) is 70.2 Å². The summed E-state index contributed by atoms with van der Waals surface area (Å²) in [6.45, 7) is 16.0. The summed E-state index contributed by atoms with van der Waals surface area (Å²) in [5.41, 5.74) is 8.33. The smallest absolute Gasteiger partial charge is 0.185 e. The van der Waals surface area contributed by atoms with Crippen molar-refractivity contribution in [2.45, 2.75) is 59.2 Å². The Balaban J connectivity index is 2.62. The van der Waals surface area contributed by atoms with Crippen molar-refractivity contribution in [3.63, 3.8) is 0 Å². The van der Waals surface area contributed by atoms with Crippen LogP contribution in [0.5, 0.6) is 11.5 Å². The van der Waals surface area contributed by atoms with Crippen molar-refractivity contribution in [1.82, 2.24) is 0 Å². The van der Waals surface area contributed by atoms with Gasteiger partial charge in [-0.15, -0.1) is 6.58 Å². The molecule has 0 saturated carbocycles. The molecule has 4 nitrogen and oxygen atoms in total. The SMILES string of the molecule is C=CC(C)(C)c1ccc(OC(C)C)c(/C=C/C(=O)c2ccc(N)cc2)c1OC(C)C. The third kappa shape index (κ3) is 5.76. The zero-order chi connectivity index (χ0) is 22.5. The number of ether oxygens (including phenoxy) is 2. The van der Waals surface area contributed by atoms with Crippen LogP contribution in [0.25, 0.3) is 6.08 Å². The molecule has 2 rings (SSSR count). The first kappa shape index (κ1) is 23.3. The number of hydrogen-bond acceptors (Lipinski definition) is 4. The molecule has 160 valence electrons. The Morgan fingerprint density at radius 3 is 2.13 bits per heavy atom. The molecule has 30 heavy (non-hydrogen) atoms. The average molecular weight is 408 g/mol. The number of nitrogen functional groups attached to an aromatic ring is 1. The normalized spacial score (nSPS) is 11.9. The van der Waals surface area contributed by atoms with Crippen LogP contribution in [-0.4, -0.2) is 18.0 Å². The van der Waals surface area contributed by atoms with E-state index in [1.807, 2.05) is 45.9 Å². The lowest BCUT2D eigenvalue weighted by Crippen LogP contribution is -2.19. The van der Waals surface area contributed by atoms with Crippen molar-refractivity contribution in [1.29, 1.82) is 0 Å². The van der Waals surface area contributed by atoms with Crippen LogP contribution in [0.2, 0.25) is 0 Å². The minimum absolute atomic E-state index is 0.0184. The third-order valence-corrected chi connectivity index (χ3v) is 4.67. The van der Waals surface area contributed by atoms with Gasteiger partial charge in [-0.25, -0.2) is 0 Å². The van der Waals surface area contributed by atoms with E-state index in [0.29, 0.717) is 22.7 Å². The molecule has 0 amide bonds. The zero-order valence-electron chi connectivity index (χ0n) is 18.9. The Bertz CT molecular complexity index is 922. The molecule has 0 aromatic heterocycles. The van der Waals surface area contributed by atoms with Gasteiger partial charge in [0.1, 0.15) is 11.5 Å². The van der Waals surface area contributed by atoms with Crippen molar-refractivity contribution >= 4 is 17.5 Å². The third-order valence-electron chi connectivity index (χ3n) is 4.67. The molecule has 0 unspecified atom stereocenters. The molecule has 0 aliphatic heterocycles. The lowest BCUT2D eigenvalue weighted by atomic mass is 9.83. The highest BCUT2D eigenvalue weighted by atomic mass is 16.5. The second-order valence-electron chi connectivity index (χ2n) is 8.43. The fraction of sp³-hybridized carbons (Fsp3) is 0.346. The first-order chi connectivity index (χ1) is 14.0. The molecule has 2 aromatic rings. The first-order valence-electron chi connectivity index (χ1n) is 10.3. The number of carbonyl (C=O) groups is 1. The quantitative estimate of drug-likeness (QED) is 0.233. The van der Waals surface area contributed by atoms with E-state index in [1.165, 1.54) is 0 Å². The standard InChI is InChI=1S/C26H33NO3/c1-8-26(6,7)22-14-16-24(29-17(2)3)21(25(22)30-18(4)5)13-15-23(28)19-9-11-20(27)12-10-19/h8-18H,1,27H2,2-7H3/b15-13+. The van der Waals surface area contributed by atoms with Crippen LogP contribution in [-0.2, 0) is 5.41 Å². The summed E-state index contributed by atoms with van der Waals surface area (Å²) in [5.74, 6) is 1.26. The predicted molar refractivity (Wildman–Crippen MR) is 125 cm³/mol. The van der Waals surface area contributed by atoms with Crippen molar-refractivity contribution in [2.24, 2.45) is 0 Å².